The molecule has 2 rings (SSSR count). The maximum atomic E-state index is 11.1. The van der Waals surface area contributed by atoms with Crippen molar-refractivity contribution < 1.29 is 9.53 Å². The van der Waals surface area contributed by atoms with Gasteiger partial charge in [-0.05, 0) is 0 Å². The molecule has 17 heavy (non-hydrogen) atoms. The van der Waals surface area contributed by atoms with E-state index in [0.29, 0.717) is 0 Å². The van der Waals surface area contributed by atoms with Crippen molar-refractivity contribution in [1.82, 2.24) is 9.80 Å². The second-order valence-corrected chi connectivity index (χ2v) is 11.2. The van der Waals surface area contributed by atoms with Crippen LogP contribution in [0.3, 0.4) is 0 Å². The fraction of sp³-hybridized carbons (Fsp3) is 0.909. The Bertz CT molecular complexity index is 254. The van der Waals surface area contributed by atoms with E-state index >= 15 is 0 Å². The average Bonchev–Trinajstić information content (AvgIpc) is 2.38. The number of carbonyl (C=O) groups excluding carboxylic acids is 1. The van der Waals surface area contributed by atoms with E-state index in [1.165, 1.54) is 19.8 Å². The summed E-state index contributed by atoms with van der Waals surface area (Å²) in [6.45, 7) is 7.17. The van der Waals surface area contributed by atoms with Crippen LogP contribution < -0.4 is 0 Å². The number of ether oxygens (including phenoxy) is 1. The van der Waals surface area contributed by atoms with Crippen LogP contribution in [0.15, 0.2) is 0 Å². The normalized spacial score (nSPS) is 25.0. The van der Waals surface area contributed by atoms with Gasteiger partial charge in [0.1, 0.15) is 0 Å². The van der Waals surface area contributed by atoms with Crippen molar-refractivity contribution in [3.8, 4) is 0 Å². The Morgan fingerprint density at radius 2 is 1.82 bits per heavy atom. The van der Waals surface area contributed by atoms with Gasteiger partial charge in [0, 0.05) is 0 Å². The zero-order valence-electron chi connectivity index (χ0n) is 10.1. The van der Waals surface area contributed by atoms with Crippen molar-refractivity contribution in [2.75, 3.05) is 59.2 Å². The first-order valence-electron chi connectivity index (χ1n) is 6.11. The monoisotopic (exact) mass is 372 g/mol. The molecule has 0 unspecified atom stereocenters. The van der Waals surface area contributed by atoms with Crippen LogP contribution in [0, 0.1) is 0 Å². The fourth-order valence-electron chi connectivity index (χ4n) is 2.09. The molecular weight excluding hydrogens is 351 g/mol. The summed E-state index contributed by atoms with van der Waals surface area (Å²) in [6.07, 6.45) is 0. The standard InChI is InChI=1S/C11H21IN2O2S/c15-11(17)14-5-2-12(3-6-14)1-4-13-7-9-16-10-8-13/h1-10H2,(H,15,17). The van der Waals surface area contributed by atoms with Gasteiger partial charge in [-0.25, -0.2) is 0 Å². The number of nitrogens with zero attached hydrogens (tertiary/aromatic N) is 2. The first-order chi connectivity index (χ1) is 8.25. The molecule has 2 aliphatic rings. The van der Waals surface area contributed by atoms with Gasteiger partial charge in [0.2, 0.25) is 0 Å². The number of hydrogen-bond acceptors (Lipinski definition) is 3. The van der Waals surface area contributed by atoms with Gasteiger partial charge in [0.15, 0.2) is 0 Å². The van der Waals surface area contributed by atoms with Crippen LogP contribution >= 0.6 is 32.4 Å². The fourth-order valence-corrected chi connectivity index (χ4v) is 7.81. The number of alkyl halides is 3. The van der Waals surface area contributed by atoms with E-state index < -0.39 is 19.8 Å². The molecule has 2 saturated heterocycles. The Hall–Kier alpha value is 0.470. The van der Waals surface area contributed by atoms with Crippen LogP contribution in [0.4, 0.5) is 4.79 Å². The van der Waals surface area contributed by atoms with Gasteiger partial charge in [-0.3, -0.25) is 0 Å². The van der Waals surface area contributed by atoms with Gasteiger partial charge in [-0.15, -0.1) is 0 Å². The van der Waals surface area contributed by atoms with Crippen LogP contribution in [0.1, 0.15) is 0 Å². The van der Waals surface area contributed by atoms with Gasteiger partial charge < -0.3 is 0 Å². The van der Waals surface area contributed by atoms with Gasteiger partial charge >= 0.3 is 116 Å². The van der Waals surface area contributed by atoms with Crippen LogP contribution in [0.2, 0.25) is 0 Å². The zero-order valence-corrected chi connectivity index (χ0v) is 13.2. The summed E-state index contributed by atoms with van der Waals surface area (Å²) in [5.41, 5.74) is 0. The molecular formula is C11H21IN2O2S. The first-order valence-corrected chi connectivity index (χ1v) is 11.1. The third-order valence-electron chi connectivity index (χ3n) is 3.29. The third-order valence-corrected chi connectivity index (χ3v) is 9.59. The number of carbonyl (C=O) groups is 1. The predicted molar refractivity (Wildman–Crippen MR) is 81.8 cm³/mol. The Morgan fingerprint density at radius 3 is 2.41 bits per heavy atom. The molecule has 0 aromatic rings. The molecule has 6 heteroatoms. The second-order valence-electron chi connectivity index (χ2n) is 4.36. The van der Waals surface area contributed by atoms with E-state index in [9.17, 15) is 4.79 Å². The molecule has 0 spiro atoms. The number of halogens is 1. The van der Waals surface area contributed by atoms with Crippen molar-refractivity contribution in [2.24, 2.45) is 0 Å². The summed E-state index contributed by atoms with van der Waals surface area (Å²) in [5, 5.41) is -0.0475. The first kappa shape index (κ1) is 13.9. The Kier molecular flexibility index (Phi) is 5.85. The van der Waals surface area contributed by atoms with Crippen LogP contribution in [0.25, 0.3) is 0 Å². The van der Waals surface area contributed by atoms with Crippen LogP contribution in [-0.4, -0.2) is 74.3 Å². The molecule has 2 fully saturated rings. The van der Waals surface area contributed by atoms with Gasteiger partial charge in [0.05, 0.1) is 0 Å². The van der Waals surface area contributed by atoms with E-state index in [1.54, 1.807) is 0 Å². The Morgan fingerprint density at radius 1 is 1.18 bits per heavy atom. The molecule has 100 valence electrons. The predicted octanol–water partition coefficient (Wildman–Crippen LogP) is 1.19. The molecule has 1 amide bonds. The van der Waals surface area contributed by atoms with E-state index in [1.807, 2.05) is 4.90 Å². The number of morpholine rings is 1. The van der Waals surface area contributed by atoms with Crippen LogP contribution in [-0.2, 0) is 4.74 Å². The zero-order chi connectivity index (χ0) is 12.1. The molecule has 0 radical (unpaired) electrons. The van der Waals surface area contributed by atoms with Gasteiger partial charge in [-0.1, -0.05) is 0 Å². The van der Waals surface area contributed by atoms with Crippen LogP contribution in [0.5, 0.6) is 0 Å². The topological polar surface area (TPSA) is 32.8 Å². The molecule has 0 saturated carbocycles. The molecule has 0 bridgehead atoms. The van der Waals surface area contributed by atoms with E-state index in [0.717, 1.165) is 39.4 Å². The number of hydrogen-bond donors (Lipinski definition) is 1. The molecule has 0 aromatic heterocycles. The summed E-state index contributed by atoms with van der Waals surface area (Å²) >= 11 is 3.13. The summed E-state index contributed by atoms with van der Waals surface area (Å²) < 4.78 is 9.35. The SMILES string of the molecule is O=C(S)N1CCI(CCN2CCOCC2)CC1. The maximum absolute atomic E-state index is 11.1. The molecule has 4 nitrogen and oxygen atoms in total. The minimum absolute atomic E-state index is 0.0475. The summed E-state index contributed by atoms with van der Waals surface area (Å²) in [5.74, 6) is 0. The van der Waals surface area contributed by atoms with Crippen molar-refractivity contribution in [3.05, 3.63) is 0 Å². The number of thiol groups is 1. The summed E-state index contributed by atoms with van der Waals surface area (Å²) in [4.78, 5) is 15.5. The molecule has 2 heterocycles. The quantitative estimate of drug-likeness (QED) is 0.459. The molecule has 0 atom stereocenters. The van der Waals surface area contributed by atoms with Crippen molar-refractivity contribution >= 4 is 37.7 Å². The number of rotatable bonds is 3. The van der Waals surface area contributed by atoms with Crippen molar-refractivity contribution in [2.45, 2.75) is 0 Å². The minimum atomic E-state index is -0.762. The molecule has 0 N–H and O–H groups in total. The van der Waals surface area contributed by atoms with Gasteiger partial charge in [0.25, 0.3) is 0 Å². The molecule has 2 aliphatic heterocycles. The van der Waals surface area contributed by atoms with E-state index in [2.05, 4.69) is 17.5 Å². The summed E-state index contributed by atoms with van der Waals surface area (Å²) in [6, 6.07) is 0. The Labute approximate surface area is 116 Å². The number of amides is 1. The van der Waals surface area contributed by atoms with Gasteiger partial charge in [-0.2, -0.15) is 0 Å². The third kappa shape index (κ3) is 4.57. The van der Waals surface area contributed by atoms with Crippen molar-refractivity contribution in [1.29, 1.82) is 0 Å². The van der Waals surface area contributed by atoms with E-state index in [-0.39, 0.29) is 5.24 Å². The molecule has 0 aromatic carbocycles. The molecule has 0 aliphatic carbocycles. The van der Waals surface area contributed by atoms with Crippen molar-refractivity contribution in [3.63, 3.8) is 0 Å². The van der Waals surface area contributed by atoms with E-state index in [4.69, 9.17) is 4.74 Å². The summed E-state index contributed by atoms with van der Waals surface area (Å²) in [7, 11) is 0. The Balaban J connectivity index is 1.62. The second kappa shape index (κ2) is 7.16. The average molecular weight is 372 g/mol.